The van der Waals surface area contributed by atoms with E-state index >= 15 is 0 Å². The highest BCUT2D eigenvalue weighted by molar-refractivity contribution is 7.10. The maximum absolute atomic E-state index is 10.7. The molecule has 1 aromatic heterocycles. The summed E-state index contributed by atoms with van der Waals surface area (Å²) in [7, 11) is 1.67. The van der Waals surface area contributed by atoms with Crippen LogP contribution in [0.25, 0.3) is 0 Å². The zero-order valence-electron chi connectivity index (χ0n) is 17.8. The van der Waals surface area contributed by atoms with Crippen molar-refractivity contribution in [2.75, 3.05) is 13.7 Å². The first-order valence-corrected chi connectivity index (χ1v) is 10.6. The van der Waals surface area contributed by atoms with E-state index in [0.717, 1.165) is 12.8 Å². The van der Waals surface area contributed by atoms with Crippen LogP contribution in [0.2, 0.25) is 0 Å². The van der Waals surface area contributed by atoms with E-state index in [1.54, 1.807) is 18.4 Å². The highest BCUT2D eigenvalue weighted by atomic mass is 32.1. The summed E-state index contributed by atoms with van der Waals surface area (Å²) in [5, 5.41) is 12.8. The highest BCUT2D eigenvalue weighted by Crippen LogP contribution is 2.44. The molecular formula is C23H34O3S. The lowest BCUT2D eigenvalue weighted by Crippen LogP contribution is -2.45. The quantitative estimate of drug-likeness (QED) is 0.597. The molecule has 0 bridgehead atoms. The molecule has 1 heterocycles. The third-order valence-electron chi connectivity index (χ3n) is 6.04. The summed E-state index contributed by atoms with van der Waals surface area (Å²) < 4.78 is 11.6. The van der Waals surface area contributed by atoms with Crippen LogP contribution in [0.1, 0.15) is 64.8 Å². The second-order valence-corrected chi connectivity index (χ2v) is 9.39. The Balaban J connectivity index is 2.36. The van der Waals surface area contributed by atoms with E-state index in [2.05, 4.69) is 43.5 Å². The molecule has 150 valence electrons. The van der Waals surface area contributed by atoms with Gasteiger partial charge in [-0.2, -0.15) is 0 Å². The molecule has 0 amide bonds. The van der Waals surface area contributed by atoms with Crippen LogP contribution in [0.4, 0.5) is 0 Å². The molecule has 2 aromatic rings. The third kappa shape index (κ3) is 4.33. The van der Waals surface area contributed by atoms with Crippen molar-refractivity contribution in [3.05, 3.63) is 46.2 Å². The summed E-state index contributed by atoms with van der Waals surface area (Å²) in [6.07, 6.45) is 2.04. The predicted molar refractivity (Wildman–Crippen MR) is 114 cm³/mol. The van der Waals surface area contributed by atoms with Crippen LogP contribution in [0.15, 0.2) is 35.7 Å². The van der Waals surface area contributed by atoms with Gasteiger partial charge in [0.15, 0.2) is 11.5 Å². The number of methoxy groups -OCH3 is 1. The maximum Gasteiger partial charge on any atom is 0.161 e. The van der Waals surface area contributed by atoms with Gasteiger partial charge in [0.1, 0.15) is 12.2 Å². The molecule has 0 fully saturated rings. The van der Waals surface area contributed by atoms with Gasteiger partial charge >= 0.3 is 0 Å². The summed E-state index contributed by atoms with van der Waals surface area (Å²) in [5.41, 5.74) is 0.00165. The van der Waals surface area contributed by atoms with Crippen molar-refractivity contribution >= 4 is 11.3 Å². The molecule has 0 saturated carbocycles. The average Bonchev–Trinajstić information content (AvgIpc) is 3.16. The van der Waals surface area contributed by atoms with Gasteiger partial charge < -0.3 is 14.6 Å². The Kier molecular flexibility index (Phi) is 6.64. The number of rotatable bonds is 8. The van der Waals surface area contributed by atoms with E-state index in [9.17, 15) is 5.11 Å². The Hall–Kier alpha value is -1.52. The number of hydrogen-bond acceptors (Lipinski definition) is 4. The molecule has 0 aliphatic heterocycles. The molecule has 1 N–H and O–H groups in total. The topological polar surface area (TPSA) is 38.7 Å². The molecule has 1 unspecified atom stereocenters. The fraction of sp³-hybridized carbons (Fsp3) is 0.565. The SMILES string of the molecule is CCC(CC)(c1ccc(OCC(C)(O)C(C)(C)C)c(OC)c1)c1cccs1. The van der Waals surface area contributed by atoms with Gasteiger partial charge in [0.25, 0.3) is 0 Å². The number of aliphatic hydroxyl groups is 1. The third-order valence-corrected chi connectivity index (χ3v) is 7.11. The molecule has 4 heteroatoms. The smallest absolute Gasteiger partial charge is 0.161 e. The van der Waals surface area contributed by atoms with Crippen molar-refractivity contribution in [1.82, 2.24) is 0 Å². The number of hydrogen-bond donors (Lipinski definition) is 1. The predicted octanol–water partition coefficient (Wildman–Crippen LogP) is 6.04. The molecular weight excluding hydrogens is 356 g/mol. The largest absolute Gasteiger partial charge is 0.493 e. The molecule has 3 nitrogen and oxygen atoms in total. The molecule has 0 radical (unpaired) electrons. The molecule has 2 rings (SSSR count). The average molecular weight is 391 g/mol. The summed E-state index contributed by atoms with van der Waals surface area (Å²) in [6, 6.07) is 10.5. The van der Waals surface area contributed by atoms with Gasteiger partial charge in [0.05, 0.1) is 7.11 Å². The number of ether oxygens (including phenoxy) is 2. The van der Waals surface area contributed by atoms with Crippen LogP contribution in [0.3, 0.4) is 0 Å². The Morgan fingerprint density at radius 1 is 1.00 bits per heavy atom. The van der Waals surface area contributed by atoms with Gasteiger partial charge in [0.2, 0.25) is 0 Å². The molecule has 27 heavy (non-hydrogen) atoms. The second-order valence-electron chi connectivity index (χ2n) is 8.44. The van der Waals surface area contributed by atoms with E-state index in [1.807, 2.05) is 33.8 Å². The van der Waals surface area contributed by atoms with E-state index in [4.69, 9.17) is 9.47 Å². The maximum atomic E-state index is 10.7. The van der Waals surface area contributed by atoms with Gasteiger partial charge in [-0.1, -0.05) is 46.8 Å². The summed E-state index contributed by atoms with van der Waals surface area (Å²) >= 11 is 1.80. The zero-order valence-corrected chi connectivity index (χ0v) is 18.6. The summed E-state index contributed by atoms with van der Waals surface area (Å²) in [4.78, 5) is 1.37. The fourth-order valence-corrected chi connectivity index (χ4v) is 4.31. The van der Waals surface area contributed by atoms with E-state index in [-0.39, 0.29) is 17.4 Å². The monoisotopic (exact) mass is 390 g/mol. The van der Waals surface area contributed by atoms with Crippen LogP contribution >= 0.6 is 11.3 Å². The standard InChI is InChI=1S/C23H34O3S/c1-8-23(9-2,20-11-10-14-27-20)17-12-13-18(19(15-17)25-7)26-16-22(6,24)21(3,4)5/h10-15,24H,8-9,16H2,1-7H3. The molecule has 0 spiro atoms. The number of thiophene rings is 1. The molecule has 0 aliphatic carbocycles. The van der Waals surface area contributed by atoms with Gasteiger partial charge in [0, 0.05) is 10.3 Å². The first-order chi connectivity index (χ1) is 12.6. The van der Waals surface area contributed by atoms with Crippen molar-refractivity contribution in [3.63, 3.8) is 0 Å². The molecule has 0 aliphatic rings. The lowest BCUT2D eigenvalue weighted by molar-refractivity contribution is -0.0727. The summed E-state index contributed by atoms with van der Waals surface area (Å²) in [6.45, 7) is 12.5. The van der Waals surface area contributed by atoms with Crippen molar-refractivity contribution in [2.24, 2.45) is 5.41 Å². The van der Waals surface area contributed by atoms with Crippen LogP contribution in [-0.2, 0) is 5.41 Å². The van der Waals surface area contributed by atoms with Crippen LogP contribution in [0, 0.1) is 5.41 Å². The molecule has 1 aromatic carbocycles. The summed E-state index contributed by atoms with van der Waals surface area (Å²) in [5.74, 6) is 1.37. The van der Waals surface area contributed by atoms with E-state index in [0.29, 0.717) is 11.5 Å². The van der Waals surface area contributed by atoms with Crippen molar-refractivity contribution in [2.45, 2.75) is 65.4 Å². The minimum Gasteiger partial charge on any atom is -0.493 e. The van der Waals surface area contributed by atoms with Crippen molar-refractivity contribution < 1.29 is 14.6 Å². The lowest BCUT2D eigenvalue weighted by Gasteiger charge is -2.37. The lowest BCUT2D eigenvalue weighted by atomic mass is 9.74. The molecule has 1 atom stereocenters. The van der Waals surface area contributed by atoms with Gasteiger partial charge in [-0.3, -0.25) is 0 Å². The van der Waals surface area contributed by atoms with Gasteiger partial charge in [-0.05, 0) is 54.3 Å². The van der Waals surface area contributed by atoms with Gasteiger partial charge in [-0.25, -0.2) is 0 Å². The van der Waals surface area contributed by atoms with Crippen LogP contribution < -0.4 is 9.47 Å². The number of benzene rings is 1. The minimum atomic E-state index is -0.940. The Morgan fingerprint density at radius 2 is 1.67 bits per heavy atom. The Bertz CT molecular complexity index is 723. The van der Waals surface area contributed by atoms with Crippen LogP contribution in [0.5, 0.6) is 11.5 Å². The Labute approximate surface area is 168 Å². The van der Waals surface area contributed by atoms with E-state index < -0.39 is 5.60 Å². The van der Waals surface area contributed by atoms with Gasteiger partial charge in [-0.15, -0.1) is 11.3 Å². The van der Waals surface area contributed by atoms with Crippen molar-refractivity contribution in [3.8, 4) is 11.5 Å². The van der Waals surface area contributed by atoms with Crippen LogP contribution in [-0.4, -0.2) is 24.4 Å². The first-order valence-electron chi connectivity index (χ1n) is 9.69. The highest BCUT2D eigenvalue weighted by Gasteiger charge is 2.37. The van der Waals surface area contributed by atoms with E-state index in [1.165, 1.54) is 10.4 Å². The fourth-order valence-electron chi connectivity index (χ4n) is 3.22. The minimum absolute atomic E-state index is 0.0170. The second kappa shape index (κ2) is 8.24. The Morgan fingerprint density at radius 3 is 2.15 bits per heavy atom. The molecule has 0 saturated heterocycles. The normalized spacial score (nSPS) is 14.7. The zero-order chi connectivity index (χ0) is 20.3. The van der Waals surface area contributed by atoms with Crippen molar-refractivity contribution in [1.29, 1.82) is 0 Å². The first kappa shape index (κ1) is 21.8.